The van der Waals surface area contributed by atoms with E-state index in [1.54, 1.807) is 0 Å². The highest BCUT2D eigenvalue weighted by atomic mass is 16.8. The lowest BCUT2D eigenvalue weighted by atomic mass is 9.94. The van der Waals surface area contributed by atoms with E-state index in [1.165, 1.54) is 19.3 Å². The quantitative estimate of drug-likeness (QED) is 0.556. The van der Waals surface area contributed by atoms with Crippen molar-refractivity contribution in [3.05, 3.63) is 0 Å². The van der Waals surface area contributed by atoms with Crippen molar-refractivity contribution in [3.8, 4) is 0 Å². The first-order valence-corrected chi connectivity index (χ1v) is 5.07. The lowest BCUT2D eigenvalue weighted by Crippen LogP contribution is -2.33. The number of ether oxygens (including phenoxy) is 2. The van der Waals surface area contributed by atoms with Gasteiger partial charge < -0.3 is 9.47 Å². The molecule has 0 aromatic heterocycles. The monoisotopic (exact) mass is 170 g/mol. The van der Waals surface area contributed by atoms with Crippen molar-refractivity contribution in [1.29, 1.82) is 0 Å². The third-order valence-corrected chi connectivity index (χ3v) is 3.08. The summed E-state index contributed by atoms with van der Waals surface area (Å²) in [4.78, 5) is 0. The third-order valence-electron chi connectivity index (χ3n) is 3.08. The molecule has 1 aliphatic heterocycles. The van der Waals surface area contributed by atoms with Gasteiger partial charge in [0.2, 0.25) is 0 Å². The Bertz CT molecular complexity index is 149. The fraction of sp³-hybridized carbons (Fsp3) is 1.00. The SMILES string of the molecule is CC1OC2(CCCCC2)OC1C. The van der Waals surface area contributed by atoms with Gasteiger partial charge in [0, 0.05) is 12.8 Å². The first kappa shape index (κ1) is 8.52. The smallest absolute Gasteiger partial charge is 0.169 e. The standard InChI is InChI=1S/C10H18O2/c1-8-9(2)12-10(11-8)6-4-3-5-7-10/h8-9H,3-7H2,1-2H3. The van der Waals surface area contributed by atoms with Crippen molar-refractivity contribution in [2.45, 2.75) is 63.9 Å². The van der Waals surface area contributed by atoms with Gasteiger partial charge in [-0.05, 0) is 26.7 Å². The van der Waals surface area contributed by atoms with Crippen LogP contribution in [0.3, 0.4) is 0 Å². The summed E-state index contributed by atoms with van der Waals surface area (Å²) >= 11 is 0. The highest BCUT2D eigenvalue weighted by Gasteiger charge is 2.44. The molecule has 2 rings (SSSR count). The van der Waals surface area contributed by atoms with Crippen LogP contribution in [0.4, 0.5) is 0 Å². The molecular weight excluding hydrogens is 152 g/mol. The molecule has 1 saturated carbocycles. The largest absolute Gasteiger partial charge is 0.344 e. The Morgan fingerprint density at radius 3 is 1.92 bits per heavy atom. The molecule has 2 nitrogen and oxygen atoms in total. The zero-order valence-electron chi connectivity index (χ0n) is 8.01. The van der Waals surface area contributed by atoms with Crippen LogP contribution in [0.15, 0.2) is 0 Å². The van der Waals surface area contributed by atoms with Gasteiger partial charge in [0.25, 0.3) is 0 Å². The maximum atomic E-state index is 5.88. The minimum Gasteiger partial charge on any atom is -0.344 e. The molecule has 2 unspecified atom stereocenters. The second-order valence-corrected chi connectivity index (χ2v) is 4.12. The third kappa shape index (κ3) is 1.38. The molecule has 1 heterocycles. The van der Waals surface area contributed by atoms with E-state index in [0.29, 0.717) is 0 Å². The van der Waals surface area contributed by atoms with Crippen LogP contribution in [-0.4, -0.2) is 18.0 Å². The molecular formula is C10H18O2. The summed E-state index contributed by atoms with van der Waals surface area (Å²) in [5, 5.41) is 0. The zero-order chi connectivity index (χ0) is 8.60. The molecule has 0 bridgehead atoms. The van der Waals surface area contributed by atoms with Crippen molar-refractivity contribution in [1.82, 2.24) is 0 Å². The number of hydrogen-bond donors (Lipinski definition) is 0. The Kier molecular flexibility index (Phi) is 2.13. The first-order valence-electron chi connectivity index (χ1n) is 5.07. The van der Waals surface area contributed by atoms with Crippen molar-refractivity contribution in [2.75, 3.05) is 0 Å². The maximum absolute atomic E-state index is 5.88. The first-order chi connectivity index (χ1) is 5.72. The summed E-state index contributed by atoms with van der Waals surface area (Å²) in [5.74, 6) is -0.183. The molecule has 0 radical (unpaired) electrons. The summed E-state index contributed by atoms with van der Waals surface area (Å²) in [6.07, 6.45) is 6.63. The Labute approximate surface area is 74.2 Å². The van der Waals surface area contributed by atoms with Gasteiger partial charge in [-0.2, -0.15) is 0 Å². The van der Waals surface area contributed by atoms with Crippen LogP contribution in [-0.2, 0) is 9.47 Å². The molecule has 2 fully saturated rings. The van der Waals surface area contributed by atoms with Gasteiger partial charge in [-0.3, -0.25) is 0 Å². The van der Waals surface area contributed by atoms with E-state index >= 15 is 0 Å². The van der Waals surface area contributed by atoms with E-state index in [4.69, 9.17) is 9.47 Å². The van der Waals surface area contributed by atoms with Gasteiger partial charge >= 0.3 is 0 Å². The Hall–Kier alpha value is -0.0800. The van der Waals surface area contributed by atoms with E-state index < -0.39 is 0 Å². The molecule has 70 valence electrons. The van der Waals surface area contributed by atoms with E-state index in [9.17, 15) is 0 Å². The lowest BCUT2D eigenvalue weighted by Gasteiger charge is -2.31. The summed E-state index contributed by atoms with van der Waals surface area (Å²) in [6, 6.07) is 0. The maximum Gasteiger partial charge on any atom is 0.169 e. The van der Waals surface area contributed by atoms with Crippen molar-refractivity contribution in [3.63, 3.8) is 0 Å². The van der Waals surface area contributed by atoms with Gasteiger partial charge in [-0.1, -0.05) is 6.42 Å². The topological polar surface area (TPSA) is 18.5 Å². The van der Waals surface area contributed by atoms with E-state index in [-0.39, 0.29) is 18.0 Å². The Morgan fingerprint density at radius 1 is 0.917 bits per heavy atom. The summed E-state index contributed by atoms with van der Waals surface area (Å²) in [5.41, 5.74) is 0. The van der Waals surface area contributed by atoms with E-state index in [2.05, 4.69) is 13.8 Å². The van der Waals surface area contributed by atoms with E-state index in [0.717, 1.165) is 12.8 Å². The highest BCUT2D eigenvalue weighted by Crippen LogP contribution is 2.39. The van der Waals surface area contributed by atoms with Crippen LogP contribution in [0.2, 0.25) is 0 Å². The molecule has 2 heteroatoms. The summed E-state index contributed by atoms with van der Waals surface area (Å²) < 4.78 is 11.8. The fourth-order valence-electron chi connectivity index (χ4n) is 2.22. The fourth-order valence-corrected chi connectivity index (χ4v) is 2.22. The van der Waals surface area contributed by atoms with Gasteiger partial charge in [0.1, 0.15) is 0 Å². The second kappa shape index (κ2) is 3.00. The van der Waals surface area contributed by atoms with Crippen LogP contribution in [0.25, 0.3) is 0 Å². The molecule has 0 amide bonds. The van der Waals surface area contributed by atoms with Gasteiger partial charge in [-0.15, -0.1) is 0 Å². The van der Waals surface area contributed by atoms with Crippen molar-refractivity contribution >= 4 is 0 Å². The molecule has 0 aromatic rings. The molecule has 1 saturated heterocycles. The average Bonchev–Trinajstić information content (AvgIpc) is 2.29. The predicted octanol–water partition coefficient (Wildman–Crippen LogP) is 2.47. The second-order valence-electron chi connectivity index (χ2n) is 4.12. The lowest BCUT2D eigenvalue weighted by molar-refractivity contribution is -0.191. The van der Waals surface area contributed by atoms with Gasteiger partial charge in [0.05, 0.1) is 12.2 Å². The average molecular weight is 170 g/mol. The van der Waals surface area contributed by atoms with Crippen LogP contribution < -0.4 is 0 Å². The molecule has 0 N–H and O–H groups in total. The molecule has 2 aliphatic rings. The Morgan fingerprint density at radius 2 is 1.42 bits per heavy atom. The van der Waals surface area contributed by atoms with E-state index in [1.807, 2.05) is 0 Å². The van der Waals surface area contributed by atoms with Gasteiger partial charge in [0.15, 0.2) is 5.79 Å². The zero-order valence-corrected chi connectivity index (χ0v) is 8.01. The highest BCUT2D eigenvalue weighted by molar-refractivity contribution is 4.84. The van der Waals surface area contributed by atoms with Crippen LogP contribution >= 0.6 is 0 Å². The van der Waals surface area contributed by atoms with Crippen molar-refractivity contribution < 1.29 is 9.47 Å². The summed E-state index contributed by atoms with van der Waals surface area (Å²) in [7, 11) is 0. The molecule has 12 heavy (non-hydrogen) atoms. The normalized spacial score (nSPS) is 40.5. The minimum atomic E-state index is -0.183. The van der Waals surface area contributed by atoms with Crippen LogP contribution in [0.5, 0.6) is 0 Å². The molecule has 2 atom stereocenters. The molecule has 0 aromatic carbocycles. The number of rotatable bonds is 0. The van der Waals surface area contributed by atoms with Crippen molar-refractivity contribution in [2.24, 2.45) is 0 Å². The number of hydrogen-bond acceptors (Lipinski definition) is 2. The Balaban J connectivity index is 2.02. The minimum absolute atomic E-state index is 0.183. The molecule has 1 aliphatic carbocycles. The molecule has 1 spiro atoms. The predicted molar refractivity (Wildman–Crippen MR) is 46.9 cm³/mol. The summed E-state index contributed by atoms with van der Waals surface area (Å²) in [6.45, 7) is 4.21. The van der Waals surface area contributed by atoms with Gasteiger partial charge in [-0.25, -0.2) is 0 Å². The van der Waals surface area contributed by atoms with Crippen LogP contribution in [0.1, 0.15) is 46.0 Å². The van der Waals surface area contributed by atoms with Crippen LogP contribution in [0, 0.1) is 0 Å².